The predicted molar refractivity (Wildman–Crippen MR) is 70.0 cm³/mol. The summed E-state index contributed by atoms with van der Waals surface area (Å²) in [6.45, 7) is 0.310. The Kier molecular flexibility index (Phi) is 3.74. The van der Waals surface area contributed by atoms with Crippen LogP contribution >= 0.6 is 11.6 Å². The molecule has 1 aromatic carbocycles. The fourth-order valence-corrected chi connectivity index (χ4v) is 1.85. The van der Waals surface area contributed by atoms with Gasteiger partial charge in [-0.1, -0.05) is 11.6 Å². The summed E-state index contributed by atoms with van der Waals surface area (Å²) in [5.74, 6) is 2.00. The van der Waals surface area contributed by atoms with Crippen LogP contribution in [0.2, 0.25) is 5.15 Å². The number of ether oxygens (including phenoxy) is 2. The maximum Gasteiger partial charge on any atom is 0.152 e. The molecule has 0 saturated carbocycles. The molecule has 5 nitrogen and oxygen atoms in total. The molecule has 0 aliphatic rings. The quantitative estimate of drug-likeness (QED) is 0.891. The number of hydrogen-bond acceptors (Lipinski definition) is 4. The monoisotopic (exact) mass is 267 g/mol. The van der Waals surface area contributed by atoms with Crippen molar-refractivity contribution in [3.63, 3.8) is 0 Å². The van der Waals surface area contributed by atoms with Gasteiger partial charge in [-0.25, -0.2) is 4.98 Å². The van der Waals surface area contributed by atoms with Gasteiger partial charge < -0.3 is 20.2 Å². The second-order valence-corrected chi connectivity index (χ2v) is 3.98. The van der Waals surface area contributed by atoms with Crippen LogP contribution in [0.5, 0.6) is 11.5 Å². The summed E-state index contributed by atoms with van der Waals surface area (Å²) in [5, 5.41) is 0.380. The summed E-state index contributed by atoms with van der Waals surface area (Å²) in [7, 11) is 3.19. The van der Waals surface area contributed by atoms with E-state index in [1.54, 1.807) is 20.3 Å². The first-order valence-electron chi connectivity index (χ1n) is 5.36. The van der Waals surface area contributed by atoms with Crippen LogP contribution in [0.4, 0.5) is 0 Å². The van der Waals surface area contributed by atoms with Crippen molar-refractivity contribution in [3.05, 3.63) is 29.0 Å². The van der Waals surface area contributed by atoms with E-state index in [0.717, 1.165) is 5.56 Å². The Morgan fingerprint density at radius 3 is 2.67 bits per heavy atom. The molecule has 96 valence electrons. The van der Waals surface area contributed by atoms with Crippen LogP contribution in [0.1, 0.15) is 5.69 Å². The average Bonchev–Trinajstić information content (AvgIpc) is 2.79. The first-order valence-corrected chi connectivity index (χ1v) is 5.74. The standard InChI is InChI=1S/C12H14ClN3O2/c1-17-7-3-4-8(10(5-7)18-2)12-15-9(6-14)11(13)16-12/h3-5H,6,14H2,1-2H3,(H,15,16). The van der Waals surface area contributed by atoms with E-state index < -0.39 is 0 Å². The molecule has 0 aliphatic heterocycles. The summed E-state index contributed by atoms with van der Waals surface area (Å²) in [4.78, 5) is 7.30. The lowest BCUT2D eigenvalue weighted by molar-refractivity contribution is 0.395. The van der Waals surface area contributed by atoms with Crippen molar-refractivity contribution in [1.82, 2.24) is 9.97 Å². The molecule has 3 N–H and O–H groups in total. The second kappa shape index (κ2) is 5.29. The molecule has 0 amide bonds. The van der Waals surface area contributed by atoms with Crippen molar-refractivity contribution in [2.75, 3.05) is 14.2 Å². The highest BCUT2D eigenvalue weighted by atomic mass is 35.5. The minimum absolute atomic E-state index is 0.310. The van der Waals surface area contributed by atoms with Crippen molar-refractivity contribution >= 4 is 11.6 Å². The van der Waals surface area contributed by atoms with Gasteiger partial charge in [0, 0.05) is 12.6 Å². The normalized spacial score (nSPS) is 10.4. The van der Waals surface area contributed by atoms with Crippen LogP contribution in [0.15, 0.2) is 18.2 Å². The van der Waals surface area contributed by atoms with Crippen LogP contribution in [-0.2, 0) is 6.54 Å². The van der Waals surface area contributed by atoms with Crippen LogP contribution in [-0.4, -0.2) is 24.2 Å². The third kappa shape index (κ3) is 2.27. The molecule has 2 rings (SSSR count). The number of nitrogens with zero attached hydrogens (tertiary/aromatic N) is 1. The topological polar surface area (TPSA) is 73.2 Å². The average molecular weight is 268 g/mol. The van der Waals surface area contributed by atoms with E-state index in [-0.39, 0.29) is 0 Å². The number of rotatable bonds is 4. The van der Waals surface area contributed by atoms with Crippen molar-refractivity contribution in [2.24, 2.45) is 5.73 Å². The van der Waals surface area contributed by atoms with Crippen LogP contribution < -0.4 is 15.2 Å². The van der Waals surface area contributed by atoms with Crippen molar-refractivity contribution < 1.29 is 9.47 Å². The van der Waals surface area contributed by atoms with Gasteiger partial charge in [-0.15, -0.1) is 0 Å². The smallest absolute Gasteiger partial charge is 0.152 e. The van der Waals surface area contributed by atoms with Crippen LogP contribution in [0.25, 0.3) is 11.4 Å². The summed E-state index contributed by atoms with van der Waals surface area (Å²) in [6.07, 6.45) is 0. The number of methoxy groups -OCH3 is 2. The first-order chi connectivity index (χ1) is 8.69. The van der Waals surface area contributed by atoms with Crippen molar-refractivity contribution in [3.8, 4) is 22.9 Å². The molecule has 0 spiro atoms. The molecule has 0 saturated heterocycles. The van der Waals surface area contributed by atoms with E-state index >= 15 is 0 Å². The molecule has 0 aliphatic carbocycles. The molecular weight excluding hydrogens is 254 g/mol. The minimum Gasteiger partial charge on any atom is -0.497 e. The number of nitrogens with one attached hydrogen (secondary N) is 1. The largest absolute Gasteiger partial charge is 0.497 e. The van der Waals surface area contributed by atoms with Gasteiger partial charge in [0.15, 0.2) is 5.15 Å². The Labute approximate surface area is 110 Å². The number of H-pyrrole nitrogens is 1. The highest BCUT2D eigenvalue weighted by molar-refractivity contribution is 6.30. The maximum atomic E-state index is 5.96. The molecule has 2 aromatic rings. The SMILES string of the molecule is COc1ccc(-c2nc(Cl)c(CN)[nH]2)c(OC)c1. The molecule has 0 atom stereocenters. The minimum atomic E-state index is 0.310. The Morgan fingerprint density at radius 1 is 1.33 bits per heavy atom. The lowest BCUT2D eigenvalue weighted by Gasteiger charge is -2.08. The number of imidazole rings is 1. The third-order valence-corrected chi connectivity index (χ3v) is 2.91. The van der Waals surface area contributed by atoms with Crippen molar-refractivity contribution in [1.29, 1.82) is 0 Å². The van der Waals surface area contributed by atoms with Gasteiger partial charge in [-0.05, 0) is 12.1 Å². The molecule has 6 heteroatoms. The fraction of sp³-hybridized carbons (Fsp3) is 0.250. The third-order valence-electron chi connectivity index (χ3n) is 2.60. The zero-order valence-corrected chi connectivity index (χ0v) is 10.9. The van der Waals surface area contributed by atoms with E-state index in [4.69, 9.17) is 26.8 Å². The fourth-order valence-electron chi connectivity index (χ4n) is 1.65. The van der Waals surface area contributed by atoms with Crippen LogP contribution in [0, 0.1) is 0 Å². The van der Waals surface area contributed by atoms with Gasteiger partial charge in [0.1, 0.15) is 17.3 Å². The Bertz CT molecular complexity index is 554. The molecular formula is C12H14ClN3O2. The maximum absolute atomic E-state index is 5.96. The van der Waals surface area contributed by atoms with E-state index in [1.165, 1.54) is 0 Å². The van der Waals surface area contributed by atoms with Gasteiger partial charge in [-0.3, -0.25) is 0 Å². The lowest BCUT2D eigenvalue weighted by Crippen LogP contribution is -1.97. The van der Waals surface area contributed by atoms with Gasteiger partial charge in [0.2, 0.25) is 0 Å². The number of benzene rings is 1. The van der Waals surface area contributed by atoms with Gasteiger partial charge in [0.25, 0.3) is 0 Å². The summed E-state index contributed by atoms with van der Waals surface area (Å²) in [6, 6.07) is 5.47. The number of hydrogen-bond donors (Lipinski definition) is 2. The van der Waals surface area contributed by atoms with Gasteiger partial charge >= 0.3 is 0 Å². The Balaban J connectivity index is 2.48. The molecule has 1 heterocycles. The number of aromatic nitrogens is 2. The summed E-state index contributed by atoms with van der Waals surface area (Å²) >= 11 is 5.96. The lowest BCUT2D eigenvalue weighted by atomic mass is 10.2. The van der Waals surface area contributed by atoms with E-state index in [9.17, 15) is 0 Å². The molecule has 0 radical (unpaired) electrons. The van der Waals surface area contributed by atoms with Gasteiger partial charge in [0.05, 0.1) is 25.5 Å². The van der Waals surface area contributed by atoms with E-state index in [2.05, 4.69) is 9.97 Å². The van der Waals surface area contributed by atoms with Crippen LogP contribution in [0.3, 0.4) is 0 Å². The van der Waals surface area contributed by atoms with Crippen molar-refractivity contribution in [2.45, 2.75) is 6.54 Å². The zero-order chi connectivity index (χ0) is 13.1. The zero-order valence-electron chi connectivity index (χ0n) is 10.2. The Hall–Kier alpha value is -1.72. The summed E-state index contributed by atoms with van der Waals surface area (Å²) in [5.41, 5.74) is 7.06. The molecule has 0 unspecified atom stereocenters. The molecule has 0 bridgehead atoms. The predicted octanol–water partition coefficient (Wildman–Crippen LogP) is 2.21. The van der Waals surface area contributed by atoms with E-state index in [1.807, 2.05) is 12.1 Å². The van der Waals surface area contributed by atoms with E-state index in [0.29, 0.717) is 34.7 Å². The second-order valence-electron chi connectivity index (χ2n) is 3.63. The highest BCUT2D eigenvalue weighted by Crippen LogP contribution is 2.32. The first kappa shape index (κ1) is 12.7. The van der Waals surface area contributed by atoms with Gasteiger partial charge in [-0.2, -0.15) is 0 Å². The number of aromatic amines is 1. The molecule has 0 fully saturated rings. The number of halogens is 1. The summed E-state index contributed by atoms with van der Waals surface area (Å²) < 4.78 is 10.5. The highest BCUT2D eigenvalue weighted by Gasteiger charge is 2.13. The molecule has 18 heavy (non-hydrogen) atoms. The molecule has 1 aromatic heterocycles. The number of nitrogens with two attached hydrogens (primary N) is 1. The Morgan fingerprint density at radius 2 is 2.11 bits per heavy atom.